The van der Waals surface area contributed by atoms with Gasteiger partial charge in [-0.05, 0) is 38.0 Å². The third-order valence-corrected chi connectivity index (χ3v) is 2.08. The number of hydrogen-bond donors (Lipinski definition) is 3. The van der Waals surface area contributed by atoms with E-state index in [9.17, 15) is 9.59 Å². The summed E-state index contributed by atoms with van der Waals surface area (Å²) in [6, 6.07) is 6.82. The number of aryl methyl sites for hydroxylation is 1. The van der Waals surface area contributed by atoms with Crippen LogP contribution in [-0.2, 0) is 20.7 Å². The molecule has 0 spiro atoms. The Morgan fingerprint density at radius 3 is 2.00 bits per heavy atom. The van der Waals surface area contributed by atoms with E-state index in [0.717, 1.165) is 12.7 Å². The molecule has 0 bridgehead atoms. The van der Waals surface area contributed by atoms with Gasteiger partial charge < -0.3 is 20.1 Å². The Balaban J connectivity index is 0. The first-order chi connectivity index (χ1) is 9.99. The summed E-state index contributed by atoms with van der Waals surface area (Å²) in [5.74, 6) is -0.129. The third-order valence-electron chi connectivity index (χ3n) is 2.08. The molecule has 0 aliphatic carbocycles. The minimum atomic E-state index is -0.333. The van der Waals surface area contributed by atoms with Gasteiger partial charge in [-0.1, -0.05) is 12.1 Å². The van der Waals surface area contributed by atoms with Crippen LogP contribution in [0, 0.1) is 0 Å². The Bertz CT molecular complexity index is 386. The molecular formula is C15H24O6. The van der Waals surface area contributed by atoms with E-state index in [-0.39, 0.29) is 24.1 Å². The highest BCUT2D eigenvalue weighted by atomic mass is 16.5. The van der Waals surface area contributed by atoms with E-state index in [1.165, 1.54) is 6.92 Å². The molecule has 0 aliphatic rings. The summed E-state index contributed by atoms with van der Waals surface area (Å²) in [4.78, 5) is 20.6. The van der Waals surface area contributed by atoms with Crippen LogP contribution in [0.3, 0.4) is 0 Å². The third kappa shape index (κ3) is 14.3. The minimum Gasteiger partial charge on any atom is -0.508 e. The molecule has 0 saturated carbocycles. The molecule has 6 heteroatoms. The molecule has 21 heavy (non-hydrogen) atoms. The molecule has 0 heterocycles. The molecule has 1 aromatic rings. The number of carbonyl (C=O) groups is 2. The quantitative estimate of drug-likeness (QED) is 0.703. The molecule has 0 atom stereocenters. The van der Waals surface area contributed by atoms with E-state index in [4.69, 9.17) is 20.1 Å². The van der Waals surface area contributed by atoms with Crippen molar-refractivity contribution in [2.75, 3.05) is 20.3 Å². The van der Waals surface area contributed by atoms with Gasteiger partial charge in [-0.2, -0.15) is 0 Å². The van der Waals surface area contributed by atoms with Gasteiger partial charge in [-0.25, -0.2) is 0 Å². The fourth-order valence-corrected chi connectivity index (χ4v) is 1.14. The molecule has 0 saturated heterocycles. The normalized spacial score (nSPS) is 8.62. The largest absolute Gasteiger partial charge is 0.508 e. The van der Waals surface area contributed by atoms with Gasteiger partial charge in [0.15, 0.2) is 5.78 Å². The van der Waals surface area contributed by atoms with E-state index in [2.05, 4.69) is 0 Å². The van der Waals surface area contributed by atoms with Crippen molar-refractivity contribution in [2.24, 2.45) is 0 Å². The molecular weight excluding hydrogens is 276 g/mol. The Hall–Kier alpha value is -1.92. The first kappa shape index (κ1) is 21.4. The summed E-state index contributed by atoms with van der Waals surface area (Å²) in [6.07, 6.45) is 1.04. The summed E-state index contributed by atoms with van der Waals surface area (Å²) >= 11 is 0. The van der Waals surface area contributed by atoms with Gasteiger partial charge in [0, 0.05) is 13.5 Å². The van der Waals surface area contributed by atoms with Gasteiger partial charge in [0.2, 0.25) is 0 Å². The van der Waals surface area contributed by atoms with Crippen molar-refractivity contribution in [2.45, 2.75) is 26.7 Å². The van der Waals surface area contributed by atoms with Gasteiger partial charge in [-0.3, -0.25) is 9.59 Å². The second-order valence-electron chi connectivity index (χ2n) is 3.83. The van der Waals surface area contributed by atoms with Crippen molar-refractivity contribution in [1.29, 1.82) is 0 Å². The first-order valence-corrected chi connectivity index (χ1v) is 6.48. The number of phenolic OH excluding ortho intramolecular Hbond substituents is 1. The number of aromatic hydroxyl groups is 1. The van der Waals surface area contributed by atoms with Crippen molar-refractivity contribution in [1.82, 2.24) is 0 Å². The van der Waals surface area contributed by atoms with Gasteiger partial charge in [0.25, 0.3) is 0 Å². The average molecular weight is 300 g/mol. The Kier molecular flexibility index (Phi) is 14.8. The number of rotatable bonds is 5. The zero-order valence-electron chi connectivity index (χ0n) is 12.7. The van der Waals surface area contributed by atoms with Crippen LogP contribution in [0.4, 0.5) is 0 Å². The number of benzene rings is 1. The molecule has 6 nitrogen and oxygen atoms in total. The van der Waals surface area contributed by atoms with Crippen LogP contribution >= 0.6 is 0 Å². The molecule has 120 valence electrons. The highest BCUT2D eigenvalue weighted by molar-refractivity contribution is 5.76. The fraction of sp³-hybridized carbons (Fsp3) is 0.467. The van der Waals surface area contributed by atoms with Crippen LogP contribution in [0.2, 0.25) is 0 Å². The summed E-state index contributed by atoms with van der Waals surface area (Å²) in [5.41, 5.74) is 1.02. The molecule has 0 aliphatic heterocycles. The molecule has 0 fully saturated rings. The smallest absolute Gasteiger partial charge is 0.306 e. The molecule has 1 aromatic carbocycles. The topological polar surface area (TPSA) is 104 Å². The van der Waals surface area contributed by atoms with Crippen LogP contribution in [0.25, 0.3) is 0 Å². The highest BCUT2D eigenvalue weighted by Gasteiger charge is 2.01. The lowest BCUT2D eigenvalue weighted by molar-refractivity contribution is -0.143. The van der Waals surface area contributed by atoms with Crippen LogP contribution in [0.5, 0.6) is 5.75 Å². The van der Waals surface area contributed by atoms with Crippen molar-refractivity contribution < 1.29 is 29.6 Å². The van der Waals surface area contributed by atoms with E-state index in [1.54, 1.807) is 31.2 Å². The summed E-state index contributed by atoms with van der Waals surface area (Å²) < 4.78 is 4.80. The van der Waals surface area contributed by atoms with Crippen molar-refractivity contribution in [3.63, 3.8) is 0 Å². The lowest BCUT2D eigenvalue weighted by Gasteiger charge is -2.02. The van der Waals surface area contributed by atoms with E-state index in [1.807, 2.05) is 0 Å². The standard InChI is InChI=1S/C11H14O3.C3H6O2.CH4O/c1-2-14-11(13)8-5-9-3-6-10(12)7-4-9;1-3(5)2-4;1-2/h3-4,6-7,12H,2,5,8H2,1H3;4H,2H2,1H3;2H,1H3. The highest BCUT2D eigenvalue weighted by Crippen LogP contribution is 2.11. The first-order valence-electron chi connectivity index (χ1n) is 6.48. The Labute approximate surface area is 125 Å². The molecule has 0 radical (unpaired) electrons. The van der Waals surface area contributed by atoms with E-state index < -0.39 is 0 Å². The zero-order chi connectivity index (χ0) is 16.7. The maximum atomic E-state index is 11.0. The van der Waals surface area contributed by atoms with Crippen LogP contribution < -0.4 is 0 Å². The number of aliphatic hydroxyl groups excluding tert-OH is 2. The molecule has 1 rings (SSSR count). The number of ether oxygens (including phenoxy) is 1. The molecule has 3 N–H and O–H groups in total. The molecule has 0 unspecified atom stereocenters. The van der Waals surface area contributed by atoms with Crippen molar-refractivity contribution in [3.05, 3.63) is 29.8 Å². The summed E-state index contributed by atoms with van der Waals surface area (Å²) in [5, 5.41) is 23.8. The van der Waals surface area contributed by atoms with E-state index in [0.29, 0.717) is 19.4 Å². The van der Waals surface area contributed by atoms with Gasteiger partial charge in [-0.15, -0.1) is 0 Å². The van der Waals surface area contributed by atoms with Crippen molar-refractivity contribution in [3.8, 4) is 5.75 Å². The lowest BCUT2D eigenvalue weighted by atomic mass is 10.1. The number of esters is 1. The van der Waals surface area contributed by atoms with Crippen LogP contribution in [0.1, 0.15) is 25.8 Å². The van der Waals surface area contributed by atoms with Gasteiger partial charge >= 0.3 is 5.97 Å². The zero-order valence-corrected chi connectivity index (χ0v) is 12.7. The number of hydrogen-bond acceptors (Lipinski definition) is 6. The summed E-state index contributed by atoms with van der Waals surface area (Å²) in [6.45, 7) is 3.22. The lowest BCUT2D eigenvalue weighted by Crippen LogP contribution is -2.04. The number of aliphatic hydroxyl groups is 2. The number of carbonyl (C=O) groups excluding carboxylic acids is 2. The second-order valence-corrected chi connectivity index (χ2v) is 3.83. The van der Waals surface area contributed by atoms with Crippen LogP contribution in [-0.4, -0.2) is 47.4 Å². The Morgan fingerprint density at radius 1 is 1.14 bits per heavy atom. The monoisotopic (exact) mass is 300 g/mol. The number of Topliss-reactive ketones (excluding diaryl/α,β-unsaturated/α-hetero) is 1. The molecule has 0 aromatic heterocycles. The summed E-state index contributed by atoms with van der Waals surface area (Å²) in [7, 11) is 1.00. The predicted molar refractivity (Wildman–Crippen MR) is 79.0 cm³/mol. The molecule has 0 amide bonds. The second kappa shape index (κ2) is 14.5. The maximum Gasteiger partial charge on any atom is 0.306 e. The predicted octanol–water partition coefficient (Wildman–Crippen LogP) is 1.06. The SMILES string of the molecule is CC(=O)CO.CCOC(=O)CCc1ccc(O)cc1.CO. The number of phenols is 1. The Morgan fingerprint density at radius 2 is 1.62 bits per heavy atom. The number of ketones is 1. The van der Waals surface area contributed by atoms with Gasteiger partial charge in [0.05, 0.1) is 6.61 Å². The van der Waals surface area contributed by atoms with E-state index >= 15 is 0 Å². The maximum absolute atomic E-state index is 11.0. The average Bonchev–Trinajstić information content (AvgIpc) is 2.49. The van der Waals surface area contributed by atoms with Gasteiger partial charge in [0.1, 0.15) is 12.4 Å². The minimum absolute atomic E-state index is 0.180. The van der Waals surface area contributed by atoms with Crippen molar-refractivity contribution >= 4 is 11.8 Å². The fourth-order valence-electron chi connectivity index (χ4n) is 1.14. The van der Waals surface area contributed by atoms with Crippen LogP contribution in [0.15, 0.2) is 24.3 Å².